The first-order chi connectivity index (χ1) is 10.9. The molecule has 0 spiro atoms. The first-order valence-corrected chi connectivity index (χ1v) is 7.92. The first kappa shape index (κ1) is 15.8. The lowest BCUT2D eigenvalue weighted by Crippen LogP contribution is -2.56. The SMILES string of the molecule is CC1(C(=O)Nc2cccc(Br)c2)Oc2ccc(Cl)cc2NC1=O. The van der Waals surface area contributed by atoms with E-state index in [0.29, 0.717) is 22.1 Å². The molecule has 0 saturated carbocycles. The highest BCUT2D eigenvalue weighted by Crippen LogP contribution is 2.36. The van der Waals surface area contributed by atoms with Gasteiger partial charge in [0.1, 0.15) is 5.75 Å². The van der Waals surface area contributed by atoms with Crippen LogP contribution in [-0.2, 0) is 9.59 Å². The molecule has 1 aliphatic heterocycles. The van der Waals surface area contributed by atoms with Crippen molar-refractivity contribution in [1.29, 1.82) is 0 Å². The molecule has 1 unspecified atom stereocenters. The normalized spacial score (nSPS) is 19.3. The molecule has 1 atom stereocenters. The minimum absolute atomic E-state index is 0.390. The van der Waals surface area contributed by atoms with Crippen LogP contribution in [0.1, 0.15) is 6.92 Å². The van der Waals surface area contributed by atoms with Gasteiger partial charge in [0.05, 0.1) is 5.69 Å². The summed E-state index contributed by atoms with van der Waals surface area (Å²) in [4.78, 5) is 24.9. The fourth-order valence-electron chi connectivity index (χ4n) is 2.16. The van der Waals surface area contributed by atoms with Gasteiger partial charge in [-0.25, -0.2) is 0 Å². The molecule has 0 fully saturated rings. The average molecular weight is 396 g/mol. The van der Waals surface area contributed by atoms with Gasteiger partial charge in [-0.3, -0.25) is 9.59 Å². The Kier molecular flexibility index (Phi) is 4.04. The van der Waals surface area contributed by atoms with Gasteiger partial charge in [0.2, 0.25) is 0 Å². The van der Waals surface area contributed by atoms with Gasteiger partial charge in [-0.1, -0.05) is 33.6 Å². The van der Waals surface area contributed by atoms with Gasteiger partial charge in [0.15, 0.2) is 0 Å². The van der Waals surface area contributed by atoms with E-state index in [9.17, 15) is 9.59 Å². The molecule has 5 nitrogen and oxygen atoms in total. The topological polar surface area (TPSA) is 67.4 Å². The average Bonchev–Trinajstić information content (AvgIpc) is 2.49. The van der Waals surface area contributed by atoms with Crippen LogP contribution in [0.2, 0.25) is 5.02 Å². The summed E-state index contributed by atoms with van der Waals surface area (Å²) >= 11 is 9.22. The molecular formula is C16H12BrClN2O3. The van der Waals surface area contributed by atoms with Gasteiger partial charge in [0.25, 0.3) is 17.4 Å². The summed E-state index contributed by atoms with van der Waals surface area (Å²) < 4.78 is 6.47. The number of anilines is 2. The van der Waals surface area contributed by atoms with E-state index in [4.69, 9.17) is 16.3 Å². The largest absolute Gasteiger partial charge is 0.466 e. The molecule has 1 aliphatic rings. The minimum Gasteiger partial charge on any atom is -0.466 e. The minimum atomic E-state index is -1.68. The molecule has 1 heterocycles. The molecule has 2 amide bonds. The Hall–Kier alpha value is -2.05. The van der Waals surface area contributed by atoms with E-state index in [1.54, 1.807) is 36.4 Å². The number of rotatable bonds is 2. The number of nitrogens with one attached hydrogen (secondary N) is 2. The van der Waals surface area contributed by atoms with Gasteiger partial charge < -0.3 is 15.4 Å². The number of amides is 2. The van der Waals surface area contributed by atoms with Gasteiger partial charge in [0, 0.05) is 15.2 Å². The molecule has 0 saturated heterocycles. The van der Waals surface area contributed by atoms with Crippen LogP contribution in [0.3, 0.4) is 0 Å². The summed E-state index contributed by atoms with van der Waals surface area (Å²) in [6.45, 7) is 1.42. The van der Waals surface area contributed by atoms with E-state index in [2.05, 4.69) is 26.6 Å². The van der Waals surface area contributed by atoms with E-state index >= 15 is 0 Å². The van der Waals surface area contributed by atoms with Crippen molar-refractivity contribution >= 4 is 50.7 Å². The maximum absolute atomic E-state index is 12.5. The number of carbonyl (C=O) groups excluding carboxylic acids is 2. The number of fused-ring (bicyclic) bond motifs is 1. The van der Waals surface area contributed by atoms with Gasteiger partial charge in [-0.05, 0) is 43.3 Å². The zero-order valence-corrected chi connectivity index (χ0v) is 14.4. The zero-order valence-electron chi connectivity index (χ0n) is 12.0. The Morgan fingerprint density at radius 2 is 2.09 bits per heavy atom. The van der Waals surface area contributed by atoms with Crippen molar-refractivity contribution in [1.82, 2.24) is 0 Å². The Morgan fingerprint density at radius 3 is 2.83 bits per heavy atom. The summed E-state index contributed by atoms with van der Waals surface area (Å²) in [6.07, 6.45) is 0. The fourth-order valence-corrected chi connectivity index (χ4v) is 2.73. The quantitative estimate of drug-likeness (QED) is 0.759. The van der Waals surface area contributed by atoms with Gasteiger partial charge >= 0.3 is 0 Å². The lowest BCUT2D eigenvalue weighted by Gasteiger charge is -2.33. The molecule has 7 heteroatoms. The van der Waals surface area contributed by atoms with E-state index < -0.39 is 17.4 Å². The Morgan fingerprint density at radius 1 is 1.30 bits per heavy atom. The monoisotopic (exact) mass is 394 g/mol. The number of hydrogen-bond donors (Lipinski definition) is 2. The number of carbonyl (C=O) groups is 2. The van der Waals surface area contributed by atoms with Crippen LogP contribution in [0.15, 0.2) is 46.9 Å². The van der Waals surface area contributed by atoms with Crippen LogP contribution in [0.5, 0.6) is 5.75 Å². The molecule has 3 rings (SSSR count). The number of halogens is 2. The molecule has 23 heavy (non-hydrogen) atoms. The van der Waals surface area contributed by atoms with Crippen LogP contribution < -0.4 is 15.4 Å². The molecular weight excluding hydrogens is 384 g/mol. The molecule has 0 radical (unpaired) electrons. The molecule has 2 aromatic rings. The summed E-state index contributed by atoms with van der Waals surface area (Å²) in [7, 11) is 0. The smallest absolute Gasteiger partial charge is 0.278 e. The third-order valence-corrected chi connectivity index (χ3v) is 4.18. The van der Waals surface area contributed by atoms with Crippen LogP contribution in [0.4, 0.5) is 11.4 Å². The van der Waals surface area contributed by atoms with Gasteiger partial charge in [-0.15, -0.1) is 0 Å². The van der Waals surface area contributed by atoms with E-state index in [0.717, 1.165) is 4.47 Å². The lowest BCUT2D eigenvalue weighted by atomic mass is 10.0. The number of hydrogen-bond acceptors (Lipinski definition) is 3. The standard InChI is InChI=1S/C16H12BrClN2O3/c1-16(14(21)19-11-4-2-3-9(17)7-11)15(22)20-12-8-10(18)5-6-13(12)23-16/h2-8H,1H3,(H,19,21)(H,20,22). The van der Waals surface area contributed by atoms with Crippen molar-refractivity contribution < 1.29 is 14.3 Å². The Labute approximate surface area is 146 Å². The third-order valence-electron chi connectivity index (χ3n) is 3.45. The molecule has 118 valence electrons. The second-order valence-electron chi connectivity index (χ2n) is 5.19. The second-order valence-corrected chi connectivity index (χ2v) is 6.55. The zero-order chi connectivity index (χ0) is 16.6. The van der Waals surface area contributed by atoms with E-state index in [1.807, 2.05) is 6.07 Å². The molecule has 2 N–H and O–H groups in total. The van der Waals surface area contributed by atoms with Crippen LogP contribution in [-0.4, -0.2) is 17.4 Å². The van der Waals surface area contributed by atoms with Crippen molar-refractivity contribution in [2.45, 2.75) is 12.5 Å². The molecule has 0 aliphatic carbocycles. The van der Waals surface area contributed by atoms with Crippen molar-refractivity contribution in [3.8, 4) is 5.75 Å². The third kappa shape index (κ3) is 3.04. The van der Waals surface area contributed by atoms with Crippen molar-refractivity contribution in [2.75, 3.05) is 10.6 Å². The van der Waals surface area contributed by atoms with E-state index in [-0.39, 0.29) is 0 Å². The summed E-state index contributed by atoms with van der Waals surface area (Å²) in [6, 6.07) is 11.9. The van der Waals surface area contributed by atoms with Gasteiger partial charge in [-0.2, -0.15) is 0 Å². The highest BCUT2D eigenvalue weighted by molar-refractivity contribution is 9.10. The molecule has 0 bridgehead atoms. The van der Waals surface area contributed by atoms with Crippen molar-refractivity contribution in [2.24, 2.45) is 0 Å². The van der Waals surface area contributed by atoms with E-state index in [1.165, 1.54) is 6.92 Å². The summed E-state index contributed by atoms with van der Waals surface area (Å²) in [5, 5.41) is 5.80. The number of benzene rings is 2. The van der Waals surface area contributed by atoms with Crippen molar-refractivity contribution in [3.05, 3.63) is 52.0 Å². The van der Waals surface area contributed by atoms with Crippen LogP contribution in [0.25, 0.3) is 0 Å². The van der Waals surface area contributed by atoms with Crippen molar-refractivity contribution in [3.63, 3.8) is 0 Å². The lowest BCUT2D eigenvalue weighted by molar-refractivity contribution is -0.143. The Balaban J connectivity index is 1.87. The predicted octanol–water partition coefficient (Wildman–Crippen LogP) is 3.83. The second kappa shape index (κ2) is 5.86. The maximum atomic E-state index is 12.5. The number of ether oxygens (including phenoxy) is 1. The Bertz CT molecular complexity index is 812. The van der Waals surface area contributed by atoms with Crippen LogP contribution in [0, 0.1) is 0 Å². The fraction of sp³-hybridized carbons (Fsp3) is 0.125. The predicted molar refractivity (Wildman–Crippen MR) is 91.9 cm³/mol. The first-order valence-electron chi connectivity index (χ1n) is 6.75. The summed E-state index contributed by atoms with van der Waals surface area (Å²) in [5.74, 6) is -0.727. The molecule has 2 aromatic carbocycles. The maximum Gasteiger partial charge on any atom is 0.278 e. The molecule has 0 aromatic heterocycles. The highest BCUT2D eigenvalue weighted by atomic mass is 79.9. The highest BCUT2D eigenvalue weighted by Gasteiger charge is 2.47. The van der Waals surface area contributed by atoms with Crippen LogP contribution >= 0.6 is 27.5 Å². The summed E-state index contributed by atoms with van der Waals surface area (Å²) in [5.41, 5.74) is -0.678.